The van der Waals surface area contributed by atoms with Gasteiger partial charge in [0.15, 0.2) is 0 Å². The molecule has 0 spiro atoms. The monoisotopic (exact) mass is 424 g/mol. The zero-order valence-corrected chi connectivity index (χ0v) is 16.9. The van der Waals surface area contributed by atoms with Crippen molar-refractivity contribution in [3.05, 3.63) is 89.2 Å². The first-order valence-electron chi connectivity index (χ1n) is 9.23. The number of nitrogens with zero attached hydrogens (tertiary/aromatic N) is 3. The minimum Gasteiger partial charge on any atom is -0.334 e. The maximum absolute atomic E-state index is 13.6. The Hall–Kier alpha value is -3.45. The molecule has 2 amide bonds. The van der Waals surface area contributed by atoms with Crippen LogP contribution in [0.3, 0.4) is 0 Å². The largest absolute Gasteiger partial charge is 0.334 e. The third kappa shape index (κ3) is 3.71. The van der Waals surface area contributed by atoms with Crippen LogP contribution in [0.5, 0.6) is 0 Å². The molecule has 0 bridgehead atoms. The van der Waals surface area contributed by atoms with E-state index in [1.165, 1.54) is 12.1 Å². The van der Waals surface area contributed by atoms with Gasteiger partial charge in [0, 0.05) is 22.8 Å². The molecule has 8 heteroatoms. The number of carbonyl (C=O) groups excluding carboxylic acids is 1. The quantitative estimate of drug-likeness (QED) is 0.570. The van der Waals surface area contributed by atoms with Crippen LogP contribution < -0.4 is 5.32 Å². The first-order chi connectivity index (χ1) is 14.5. The summed E-state index contributed by atoms with van der Waals surface area (Å²) in [6.07, 6.45) is 1.63. The lowest BCUT2D eigenvalue weighted by atomic mass is 9.94. The molecule has 2 aromatic carbocycles. The second kappa shape index (κ2) is 8.12. The van der Waals surface area contributed by atoms with Gasteiger partial charge < -0.3 is 9.84 Å². The van der Waals surface area contributed by atoms with Crippen molar-refractivity contribution in [2.45, 2.75) is 13.0 Å². The van der Waals surface area contributed by atoms with Gasteiger partial charge in [-0.3, -0.25) is 4.90 Å². The van der Waals surface area contributed by atoms with Crippen molar-refractivity contribution < 1.29 is 13.7 Å². The number of benzene rings is 2. The number of urea groups is 1. The van der Waals surface area contributed by atoms with Gasteiger partial charge in [0.2, 0.25) is 5.82 Å². The fourth-order valence-corrected chi connectivity index (χ4v) is 3.52. The van der Waals surface area contributed by atoms with Crippen molar-refractivity contribution in [1.82, 2.24) is 20.4 Å². The fraction of sp³-hybridized carbons (Fsp3) is 0.136. The average molecular weight is 425 g/mol. The first kappa shape index (κ1) is 19.8. The predicted molar refractivity (Wildman–Crippen MR) is 112 cm³/mol. The number of amides is 2. The van der Waals surface area contributed by atoms with Crippen molar-refractivity contribution >= 4 is 23.2 Å². The summed E-state index contributed by atoms with van der Waals surface area (Å²) in [6.45, 7) is 5.85. The predicted octanol–water partition coefficient (Wildman–Crippen LogP) is 5.21. The van der Waals surface area contributed by atoms with Crippen LogP contribution in [0, 0.1) is 5.82 Å². The van der Waals surface area contributed by atoms with Gasteiger partial charge in [0.25, 0.3) is 5.89 Å². The Balaban J connectivity index is 1.82. The summed E-state index contributed by atoms with van der Waals surface area (Å²) in [5, 5.41) is 7.57. The van der Waals surface area contributed by atoms with Crippen LogP contribution in [0.4, 0.5) is 9.18 Å². The van der Waals surface area contributed by atoms with Crippen LogP contribution in [0.15, 0.2) is 71.4 Å². The topological polar surface area (TPSA) is 71.3 Å². The molecule has 2 heterocycles. The summed E-state index contributed by atoms with van der Waals surface area (Å²) in [5.41, 5.74) is 2.61. The van der Waals surface area contributed by atoms with Gasteiger partial charge in [-0.25, -0.2) is 9.18 Å². The molecule has 1 unspecified atom stereocenters. The van der Waals surface area contributed by atoms with Crippen LogP contribution in [0.1, 0.15) is 24.4 Å². The molecule has 1 aliphatic heterocycles. The molecule has 0 radical (unpaired) electrons. The van der Waals surface area contributed by atoms with E-state index in [0.717, 1.165) is 5.56 Å². The van der Waals surface area contributed by atoms with E-state index in [1.54, 1.807) is 35.2 Å². The molecule has 30 heavy (non-hydrogen) atoms. The maximum Gasteiger partial charge on any atom is 0.322 e. The highest BCUT2D eigenvalue weighted by atomic mass is 35.5. The molecule has 1 aliphatic rings. The minimum absolute atomic E-state index is 0.237. The van der Waals surface area contributed by atoms with Gasteiger partial charge in [-0.2, -0.15) is 4.98 Å². The van der Waals surface area contributed by atoms with Gasteiger partial charge >= 0.3 is 6.03 Å². The highest BCUT2D eigenvalue weighted by Crippen LogP contribution is 2.37. The summed E-state index contributed by atoms with van der Waals surface area (Å²) in [5.74, 6) is 0.1000. The van der Waals surface area contributed by atoms with Gasteiger partial charge in [-0.05, 0) is 36.8 Å². The lowest BCUT2D eigenvalue weighted by Crippen LogP contribution is -2.46. The lowest BCUT2D eigenvalue weighted by molar-refractivity contribution is 0.209. The van der Waals surface area contributed by atoms with Crippen molar-refractivity contribution in [3.8, 4) is 11.4 Å². The van der Waals surface area contributed by atoms with Crippen LogP contribution >= 0.6 is 11.6 Å². The van der Waals surface area contributed by atoms with E-state index in [9.17, 15) is 9.18 Å². The number of carbonyl (C=O) groups is 1. The molecule has 6 nitrogen and oxygen atoms in total. The van der Waals surface area contributed by atoms with E-state index >= 15 is 0 Å². The molecule has 152 valence electrons. The highest BCUT2D eigenvalue weighted by molar-refractivity contribution is 6.30. The molecule has 0 saturated carbocycles. The van der Waals surface area contributed by atoms with Gasteiger partial charge in [-0.1, -0.05) is 47.1 Å². The zero-order chi connectivity index (χ0) is 21.3. The molecule has 1 aromatic heterocycles. The normalized spacial score (nSPS) is 16.6. The number of allylic oxidation sites excluding steroid dienone is 1. The Morgan fingerprint density at radius 1 is 1.30 bits per heavy atom. The second-order valence-corrected chi connectivity index (χ2v) is 7.20. The lowest BCUT2D eigenvalue weighted by Gasteiger charge is -2.34. The molecular formula is C22H18ClFN4O2. The molecule has 4 rings (SSSR count). The molecule has 1 atom stereocenters. The number of hydrogen-bond donors (Lipinski definition) is 1. The van der Waals surface area contributed by atoms with Crippen LogP contribution in [-0.4, -0.2) is 27.6 Å². The number of hydrogen-bond acceptors (Lipinski definition) is 4. The van der Waals surface area contributed by atoms with Crippen LogP contribution in [0.2, 0.25) is 5.02 Å². The molecule has 0 fully saturated rings. The molecular weight excluding hydrogens is 407 g/mol. The van der Waals surface area contributed by atoms with Crippen molar-refractivity contribution in [1.29, 1.82) is 0 Å². The smallest absolute Gasteiger partial charge is 0.322 e. The van der Waals surface area contributed by atoms with Crippen molar-refractivity contribution in [2.75, 3.05) is 6.54 Å². The molecule has 3 aromatic rings. The number of nitrogens with one attached hydrogen (secondary N) is 1. The van der Waals surface area contributed by atoms with Crippen molar-refractivity contribution in [2.24, 2.45) is 0 Å². The number of halogens is 2. The Labute approximate surface area is 177 Å². The van der Waals surface area contributed by atoms with E-state index in [1.807, 2.05) is 19.1 Å². The Kier molecular flexibility index (Phi) is 5.37. The summed E-state index contributed by atoms with van der Waals surface area (Å²) in [4.78, 5) is 18.7. The van der Waals surface area contributed by atoms with Gasteiger partial charge in [0.05, 0.1) is 11.6 Å². The highest BCUT2D eigenvalue weighted by Gasteiger charge is 2.35. The number of rotatable bonds is 5. The number of aromatic nitrogens is 2. The van der Waals surface area contributed by atoms with E-state index < -0.39 is 11.9 Å². The standard InChI is InChI=1S/C22H18ClFN4O2/c1-3-11-28-13(2)18(19(25-22(28)29)14-7-9-16(23)10-8-14)21-26-20(27-30-21)15-5-4-6-17(24)12-15/h3-10,12,19H,1,11H2,2H3,(H,25,29). The van der Waals surface area contributed by atoms with Gasteiger partial charge in [0.1, 0.15) is 5.82 Å². The second-order valence-electron chi connectivity index (χ2n) is 6.77. The maximum atomic E-state index is 13.6. The average Bonchev–Trinajstić information content (AvgIpc) is 3.21. The zero-order valence-electron chi connectivity index (χ0n) is 16.1. The molecule has 0 aliphatic carbocycles. The molecule has 1 N–H and O–H groups in total. The third-order valence-corrected chi connectivity index (χ3v) is 5.10. The summed E-state index contributed by atoms with van der Waals surface area (Å²) in [7, 11) is 0. The fourth-order valence-electron chi connectivity index (χ4n) is 3.39. The molecule has 0 saturated heterocycles. The Morgan fingerprint density at radius 3 is 2.77 bits per heavy atom. The first-order valence-corrected chi connectivity index (χ1v) is 9.61. The van der Waals surface area contributed by atoms with Gasteiger partial charge in [-0.15, -0.1) is 6.58 Å². The summed E-state index contributed by atoms with van der Waals surface area (Å²) < 4.78 is 19.1. The summed E-state index contributed by atoms with van der Waals surface area (Å²) >= 11 is 6.02. The Morgan fingerprint density at radius 2 is 2.07 bits per heavy atom. The van der Waals surface area contributed by atoms with E-state index in [2.05, 4.69) is 22.0 Å². The summed E-state index contributed by atoms with van der Waals surface area (Å²) in [6, 6.07) is 12.3. The third-order valence-electron chi connectivity index (χ3n) is 4.85. The minimum atomic E-state index is -0.517. The van der Waals surface area contributed by atoms with Crippen molar-refractivity contribution in [3.63, 3.8) is 0 Å². The van der Waals surface area contributed by atoms with E-state index in [-0.39, 0.29) is 17.7 Å². The SMILES string of the molecule is C=CCN1C(=O)NC(c2ccc(Cl)cc2)C(c2nc(-c3cccc(F)c3)no2)=C1C. The van der Waals surface area contributed by atoms with E-state index in [0.29, 0.717) is 28.4 Å². The Bertz CT molecular complexity index is 1140. The van der Waals surface area contributed by atoms with E-state index in [4.69, 9.17) is 16.1 Å². The van der Waals surface area contributed by atoms with Crippen LogP contribution in [-0.2, 0) is 0 Å². The van der Waals surface area contributed by atoms with Crippen LogP contribution in [0.25, 0.3) is 17.0 Å².